The van der Waals surface area contributed by atoms with Crippen LogP contribution in [0.1, 0.15) is 51.5 Å². The van der Waals surface area contributed by atoms with Gasteiger partial charge in [0.15, 0.2) is 0 Å². The maximum Gasteiger partial charge on any atom is 0.212 e. The van der Waals surface area contributed by atoms with Gasteiger partial charge in [-0.1, -0.05) is 37.0 Å². The van der Waals surface area contributed by atoms with Gasteiger partial charge in [-0.25, -0.2) is 8.42 Å². The number of rotatable bonds is 4. The van der Waals surface area contributed by atoms with E-state index >= 15 is 0 Å². The van der Waals surface area contributed by atoms with E-state index in [9.17, 15) is 13.5 Å². The zero-order valence-electron chi connectivity index (χ0n) is 14.2. The highest BCUT2D eigenvalue weighted by molar-refractivity contribution is 7.95. The monoisotopic (exact) mass is 334 g/mol. The molecule has 0 radical (unpaired) electrons. The molecule has 23 heavy (non-hydrogen) atoms. The molecule has 4 heteroatoms. The van der Waals surface area contributed by atoms with Gasteiger partial charge in [-0.15, -0.1) is 5.73 Å². The number of benzene rings is 1. The standard InChI is InChI=1S/C19H26O3S/c1-14(2)13-18(19(20)16-7-5-4-6-8-16)23(21,22)17-11-9-15(3)10-12-17/h9-12,16,19-20H,4-8H2,1-3H3. The van der Waals surface area contributed by atoms with Crippen molar-refractivity contribution in [3.8, 4) is 0 Å². The van der Waals surface area contributed by atoms with E-state index in [2.05, 4.69) is 5.73 Å². The van der Waals surface area contributed by atoms with Gasteiger partial charge < -0.3 is 5.11 Å². The summed E-state index contributed by atoms with van der Waals surface area (Å²) in [5.74, 6) is 0.00539. The largest absolute Gasteiger partial charge is 0.387 e. The summed E-state index contributed by atoms with van der Waals surface area (Å²) in [6.07, 6.45) is 4.03. The molecule has 0 saturated heterocycles. The third-order valence-electron chi connectivity index (χ3n) is 4.36. The van der Waals surface area contributed by atoms with Crippen LogP contribution in [0.25, 0.3) is 0 Å². The van der Waals surface area contributed by atoms with E-state index in [-0.39, 0.29) is 15.7 Å². The Morgan fingerprint density at radius 2 is 1.70 bits per heavy atom. The molecular weight excluding hydrogens is 308 g/mol. The first-order chi connectivity index (χ1) is 10.8. The lowest BCUT2D eigenvalue weighted by atomic mass is 9.85. The summed E-state index contributed by atoms with van der Waals surface area (Å²) in [7, 11) is -3.73. The van der Waals surface area contributed by atoms with Gasteiger partial charge in [0, 0.05) is 0 Å². The molecule has 0 spiro atoms. The normalized spacial score (nSPS) is 17.4. The van der Waals surface area contributed by atoms with Gasteiger partial charge in [0.2, 0.25) is 9.84 Å². The molecule has 1 aromatic rings. The van der Waals surface area contributed by atoms with Gasteiger partial charge in [0.25, 0.3) is 0 Å². The molecule has 3 nitrogen and oxygen atoms in total. The van der Waals surface area contributed by atoms with E-state index in [4.69, 9.17) is 0 Å². The molecule has 1 saturated carbocycles. The first kappa shape index (κ1) is 18.0. The van der Waals surface area contributed by atoms with Crippen LogP contribution in [0.3, 0.4) is 0 Å². The first-order valence-corrected chi connectivity index (χ1v) is 9.74. The third-order valence-corrected chi connectivity index (χ3v) is 6.17. The molecule has 1 unspecified atom stereocenters. The van der Waals surface area contributed by atoms with Crippen molar-refractivity contribution in [3.05, 3.63) is 46.0 Å². The van der Waals surface area contributed by atoms with Crippen LogP contribution in [0.2, 0.25) is 0 Å². The maximum atomic E-state index is 13.0. The van der Waals surface area contributed by atoms with E-state index in [0.717, 1.165) is 43.2 Å². The fourth-order valence-corrected chi connectivity index (χ4v) is 4.65. The number of aliphatic hydroxyl groups is 1. The quantitative estimate of drug-likeness (QED) is 0.841. The second-order valence-corrected chi connectivity index (χ2v) is 8.57. The molecule has 1 aliphatic carbocycles. The number of aliphatic hydroxyl groups excluding tert-OH is 1. The smallest absolute Gasteiger partial charge is 0.212 e. The molecule has 1 fully saturated rings. The molecule has 1 aromatic carbocycles. The van der Waals surface area contributed by atoms with Crippen LogP contribution >= 0.6 is 0 Å². The van der Waals surface area contributed by atoms with Crippen molar-refractivity contribution >= 4 is 9.84 Å². The molecular formula is C19H26O3S. The fraction of sp³-hybridized carbons (Fsp3) is 0.526. The van der Waals surface area contributed by atoms with Gasteiger partial charge in [-0.3, -0.25) is 0 Å². The summed E-state index contributed by atoms with van der Waals surface area (Å²) in [4.78, 5) is 0.245. The predicted molar refractivity (Wildman–Crippen MR) is 92.8 cm³/mol. The second-order valence-electron chi connectivity index (χ2n) is 6.65. The summed E-state index contributed by atoms with van der Waals surface area (Å²) in [5.41, 5.74) is 4.68. The number of sulfone groups is 1. The van der Waals surface area contributed by atoms with Crippen molar-refractivity contribution in [1.82, 2.24) is 0 Å². The molecule has 0 heterocycles. The van der Waals surface area contributed by atoms with Crippen LogP contribution in [0.5, 0.6) is 0 Å². The molecule has 126 valence electrons. The van der Waals surface area contributed by atoms with Crippen LogP contribution in [-0.4, -0.2) is 19.6 Å². The van der Waals surface area contributed by atoms with E-state index in [0.29, 0.717) is 0 Å². The predicted octanol–water partition coefficient (Wildman–Crippen LogP) is 4.16. The lowest BCUT2D eigenvalue weighted by Crippen LogP contribution is -2.28. The van der Waals surface area contributed by atoms with Crippen molar-refractivity contribution in [2.24, 2.45) is 5.92 Å². The number of hydrogen-bond donors (Lipinski definition) is 1. The molecule has 1 aliphatic rings. The minimum absolute atomic E-state index is 0.00539. The third kappa shape index (κ3) is 4.35. The molecule has 2 rings (SSSR count). The van der Waals surface area contributed by atoms with Crippen LogP contribution in [-0.2, 0) is 9.84 Å². The van der Waals surface area contributed by atoms with Crippen molar-refractivity contribution in [2.45, 2.75) is 63.9 Å². The van der Waals surface area contributed by atoms with Crippen LogP contribution < -0.4 is 0 Å². The highest BCUT2D eigenvalue weighted by Gasteiger charge is 2.33. The van der Waals surface area contributed by atoms with Gasteiger partial charge in [-0.05, 0) is 57.2 Å². The Morgan fingerprint density at radius 3 is 2.22 bits per heavy atom. The minimum atomic E-state index is -3.73. The maximum absolute atomic E-state index is 13.0. The van der Waals surface area contributed by atoms with Crippen molar-refractivity contribution in [1.29, 1.82) is 0 Å². The zero-order chi connectivity index (χ0) is 17.0. The molecule has 1 N–H and O–H groups in total. The van der Waals surface area contributed by atoms with Gasteiger partial charge >= 0.3 is 0 Å². The van der Waals surface area contributed by atoms with Crippen LogP contribution in [0, 0.1) is 12.8 Å². The Hall–Kier alpha value is -1.35. The fourth-order valence-electron chi connectivity index (χ4n) is 3.05. The highest BCUT2D eigenvalue weighted by Crippen LogP contribution is 2.33. The van der Waals surface area contributed by atoms with Crippen molar-refractivity contribution in [2.75, 3.05) is 0 Å². The van der Waals surface area contributed by atoms with E-state index in [1.54, 1.807) is 38.1 Å². The number of aryl methyl sites for hydroxylation is 1. The summed E-state index contributed by atoms with van der Waals surface area (Å²) in [6, 6.07) is 6.76. The summed E-state index contributed by atoms with van der Waals surface area (Å²) in [5, 5.41) is 10.7. The second kappa shape index (κ2) is 7.48. The molecule has 0 amide bonds. The Balaban J connectivity index is 2.46. The average molecular weight is 334 g/mol. The number of hydrogen-bond acceptors (Lipinski definition) is 3. The summed E-state index contributed by atoms with van der Waals surface area (Å²) in [6.45, 7) is 5.52. The molecule has 1 atom stereocenters. The summed E-state index contributed by atoms with van der Waals surface area (Å²) >= 11 is 0. The lowest BCUT2D eigenvalue weighted by molar-refractivity contribution is 0.121. The lowest BCUT2D eigenvalue weighted by Gasteiger charge is -2.27. The molecule has 0 aliphatic heterocycles. The summed E-state index contributed by atoms with van der Waals surface area (Å²) < 4.78 is 26.0. The van der Waals surface area contributed by atoms with Gasteiger partial charge in [0.05, 0.1) is 4.90 Å². The van der Waals surface area contributed by atoms with Crippen molar-refractivity contribution in [3.63, 3.8) is 0 Å². The Bertz CT molecular complexity index is 697. The molecule has 0 aromatic heterocycles. The minimum Gasteiger partial charge on any atom is -0.387 e. The zero-order valence-corrected chi connectivity index (χ0v) is 15.0. The van der Waals surface area contributed by atoms with Gasteiger partial charge in [0.1, 0.15) is 11.0 Å². The highest BCUT2D eigenvalue weighted by atomic mass is 32.2. The Morgan fingerprint density at radius 1 is 1.13 bits per heavy atom. The average Bonchev–Trinajstić information content (AvgIpc) is 2.53. The molecule has 0 bridgehead atoms. The van der Waals surface area contributed by atoms with Crippen LogP contribution in [0.15, 0.2) is 45.4 Å². The van der Waals surface area contributed by atoms with Gasteiger partial charge in [-0.2, -0.15) is 0 Å². The van der Waals surface area contributed by atoms with E-state index in [1.165, 1.54) is 0 Å². The SMILES string of the molecule is CC(C)=C=C(C(O)C1CCCCC1)S(=O)(=O)c1ccc(C)cc1. The first-order valence-electron chi connectivity index (χ1n) is 8.26. The van der Waals surface area contributed by atoms with E-state index < -0.39 is 15.9 Å². The Kier molecular flexibility index (Phi) is 5.85. The van der Waals surface area contributed by atoms with E-state index in [1.807, 2.05) is 6.92 Å². The Labute approximate surface area is 139 Å². The van der Waals surface area contributed by atoms with Crippen LogP contribution in [0.4, 0.5) is 0 Å². The topological polar surface area (TPSA) is 54.4 Å². The van der Waals surface area contributed by atoms with Crippen molar-refractivity contribution < 1.29 is 13.5 Å².